The number of nitrogens with one attached hydrogen (secondary N) is 1. The summed E-state index contributed by atoms with van der Waals surface area (Å²) in [7, 11) is -0.730. The predicted octanol–water partition coefficient (Wildman–Crippen LogP) is 2.82. The maximum Gasteiger partial charge on any atom is 0.123 e. The first-order chi connectivity index (χ1) is 9.06. The molecule has 19 heavy (non-hydrogen) atoms. The van der Waals surface area contributed by atoms with E-state index in [0.717, 1.165) is 31.4 Å². The summed E-state index contributed by atoms with van der Waals surface area (Å²) < 4.78 is 24.3. The minimum absolute atomic E-state index is 0.145. The molecule has 1 fully saturated rings. The SMILES string of the molecule is CC(CCNC1CC(c2cccc(F)c2)C1)S(C)=O. The van der Waals surface area contributed by atoms with Gasteiger partial charge in [0.15, 0.2) is 0 Å². The maximum atomic E-state index is 13.1. The fourth-order valence-electron chi connectivity index (χ4n) is 2.47. The summed E-state index contributed by atoms with van der Waals surface area (Å²) in [4.78, 5) is 0. The lowest BCUT2D eigenvalue weighted by molar-refractivity contribution is 0.290. The van der Waals surface area contributed by atoms with Crippen molar-refractivity contribution >= 4 is 10.8 Å². The van der Waals surface area contributed by atoms with Crippen LogP contribution < -0.4 is 5.32 Å². The molecule has 1 saturated carbocycles. The van der Waals surface area contributed by atoms with Gasteiger partial charge in [0.05, 0.1) is 0 Å². The highest BCUT2D eigenvalue weighted by Crippen LogP contribution is 2.36. The van der Waals surface area contributed by atoms with Crippen molar-refractivity contribution in [3.63, 3.8) is 0 Å². The summed E-state index contributed by atoms with van der Waals surface area (Å²) in [6.45, 7) is 2.94. The van der Waals surface area contributed by atoms with E-state index in [1.165, 1.54) is 6.07 Å². The normalized spacial score (nSPS) is 25.6. The molecule has 0 radical (unpaired) electrons. The topological polar surface area (TPSA) is 29.1 Å². The average molecular weight is 283 g/mol. The molecular weight excluding hydrogens is 261 g/mol. The summed E-state index contributed by atoms with van der Waals surface area (Å²) in [6.07, 6.45) is 4.86. The number of benzene rings is 1. The van der Waals surface area contributed by atoms with E-state index in [-0.39, 0.29) is 11.1 Å². The lowest BCUT2D eigenvalue weighted by Crippen LogP contribution is -2.41. The van der Waals surface area contributed by atoms with E-state index in [9.17, 15) is 8.60 Å². The second-order valence-corrected chi connectivity index (χ2v) is 7.27. The van der Waals surface area contributed by atoms with Crippen molar-refractivity contribution in [2.75, 3.05) is 12.8 Å². The van der Waals surface area contributed by atoms with E-state index in [4.69, 9.17) is 0 Å². The fourth-order valence-corrected chi connectivity index (χ4v) is 2.92. The second kappa shape index (κ2) is 6.62. The number of halogens is 1. The number of hydrogen-bond donors (Lipinski definition) is 1. The number of hydrogen-bond acceptors (Lipinski definition) is 2. The molecule has 0 bridgehead atoms. The fraction of sp³-hybridized carbons (Fsp3) is 0.600. The lowest BCUT2D eigenvalue weighted by atomic mass is 9.76. The van der Waals surface area contributed by atoms with Crippen LogP contribution in [0.2, 0.25) is 0 Å². The summed E-state index contributed by atoms with van der Waals surface area (Å²) in [5.41, 5.74) is 1.11. The van der Waals surface area contributed by atoms with Gasteiger partial charge in [-0.25, -0.2) is 4.39 Å². The van der Waals surface area contributed by atoms with Crippen LogP contribution in [-0.2, 0) is 10.8 Å². The summed E-state index contributed by atoms with van der Waals surface area (Å²) >= 11 is 0. The molecule has 106 valence electrons. The van der Waals surface area contributed by atoms with E-state index >= 15 is 0 Å². The van der Waals surface area contributed by atoms with Gasteiger partial charge in [0.2, 0.25) is 0 Å². The van der Waals surface area contributed by atoms with Crippen LogP contribution in [0.25, 0.3) is 0 Å². The van der Waals surface area contributed by atoms with Crippen molar-refractivity contribution < 1.29 is 8.60 Å². The van der Waals surface area contributed by atoms with Crippen LogP contribution in [0.4, 0.5) is 4.39 Å². The zero-order valence-electron chi connectivity index (χ0n) is 11.6. The van der Waals surface area contributed by atoms with E-state index in [1.54, 1.807) is 18.4 Å². The summed E-state index contributed by atoms with van der Waals surface area (Å²) in [6, 6.07) is 7.45. The molecule has 2 atom stereocenters. The summed E-state index contributed by atoms with van der Waals surface area (Å²) in [5, 5.41) is 3.75. The van der Waals surface area contributed by atoms with E-state index in [2.05, 4.69) is 5.32 Å². The van der Waals surface area contributed by atoms with Crippen molar-refractivity contribution in [3.8, 4) is 0 Å². The Morgan fingerprint density at radius 1 is 1.47 bits per heavy atom. The zero-order valence-corrected chi connectivity index (χ0v) is 12.4. The van der Waals surface area contributed by atoms with Crippen molar-refractivity contribution in [3.05, 3.63) is 35.6 Å². The van der Waals surface area contributed by atoms with Crippen molar-refractivity contribution in [2.24, 2.45) is 0 Å². The Balaban J connectivity index is 1.68. The highest BCUT2D eigenvalue weighted by Gasteiger charge is 2.29. The van der Waals surface area contributed by atoms with E-state index in [1.807, 2.05) is 13.0 Å². The minimum atomic E-state index is -0.730. The van der Waals surface area contributed by atoms with Crippen LogP contribution in [-0.4, -0.2) is 28.3 Å². The molecule has 1 aliphatic rings. The molecule has 0 aromatic heterocycles. The molecule has 2 unspecified atom stereocenters. The van der Waals surface area contributed by atoms with Gasteiger partial charge in [-0.3, -0.25) is 4.21 Å². The van der Waals surface area contributed by atoms with Gasteiger partial charge in [0.25, 0.3) is 0 Å². The van der Waals surface area contributed by atoms with Crippen LogP contribution in [0.15, 0.2) is 24.3 Å². The second-order valence-electron chi connectivity index (χ2n) is 5.47. The van der Waals surface area contributed by atoms with Crippen LogP contribution in [0.5, 0.6) is 0 Å². The standard InChI is InChI=1S/C15H22FNOS/c1-11(19(2)18)6-7-17-15-9-13(10-15)12-4-3-5-14(16)8-12/h3-5,8,11,13,15,17H,6-7,9-10H2,1-2H3. The first-order valence-corrected chi connectivity index (χ1v) is 8.49. The maximum absolute atomic E-state index is 13.1. The molecule has 0 spiro atoms. The largest absolute Gasteiger partial charge is 0.314 e. The third-order valence-electron chi connectivity index (χ3n) is 4.01. The van der Waals surface area contributed by atoms with Crippen LogP contribution >= 0.6 is 0 Å². The minimum Gasteiger partial charge on any atom is -0.314 e. The first-order valence-electron chi connectivity index (χ1n) is 6.87. The average Bonchev–Trinajstić information content (AvgIpc) is 2.31. The smallest absolute Gasteiger partial charge is 0.123 e. The Morgan fingerprint density at radius 2 is 2.21 bits per heavy atom. The zero-order chi connectivity index (χ0) is 13.8. The van der Waals surface area contributed by atoms with Crippen molar-refractivity contribution in [2.45, 2.75) is 43.4 Å². The molecule has 1 aromatic rings. The third-order valence-corrected chi connectivity index (χ3v) is 5.38. The molecule has 1 aliphatic carbocycles. The van der Waals surface area contributed by atoms with Gasteiger partial charge in [0.1, 0.15) is 5.82 Å². The quantitative estimate of drug-likeness (QED) is 0.870. The lowest BCUT2D eigenvalue weighted by Gasteiger charge is -2.36. The van der Waals surface area contributed by atoms with Crippen LogP contribution in [0, 0.1) is 5.82 Å². The van der Waals surface area contributed by atoms with Crippen molar-refractivity contribution in [1.82, 2.24) is 5.32 Å². The molecule has 2 nitrogen and oxygen atoms in total. The van der Waals surface area contributed by atoms with Gasteiger partial charge in [-0.05, 0) is 49.4 Å². The van der Waals surface area contributed by atoms with Gasteiger partial charge in [-0.1, -0.05) is 19.1 Å². The Labute approximate surface area is 117 Å². The monoisotopic (exact) mass is 283 g/mol. The molecular formula is C15H22FNOS. The Morgan fingerprint density at radius 3 is 2.84 bits per heavy atom. The number of rotatable bonds is 6. The Bertz CT molecular complexity index is 446. The molecule has 0 saturated heterocycles. The van der Waals surface area contributed by atoms with E-state index < -0.39 is 10.8 Å². The molecule has 0 amide bonds. The first kappa shape index (κ1) is 14.7. The Hall–Kier alpha value is -0.740. The predicted molar refractivity (Wildman–Crippen MR) is 78.3 cm³/mol. The van der Waals surface area contributed by atoms with Gasteiger partial charge < -0.3 is 5.32 Å². The molecule has 1 aromatic carbocycles. The summed E-state index contributed by atoms with van der Waals surface area (Å²) in [5.74, 6) is 0.346. The van der Waals surface area contributed by atoms with Crippen molar-refractivity contribution in [1.29, 1.82) is 0 Å². The Kier molecular flexibility index (Phi) is 5.11. The van der Waals surface area contributed by atoms with Gasteiger partial charge in [-0.15, -0.1) is 0 Å². The highest BCUT2D eigenvalue weighted by molar-refractivity contribution is 7.84. The molecule has 2 rings (SSSR count). The highest BCUT2D eigenvalue weighted by atomic mass is 32.2. The molecule has 1 N–H and O–H groups in total. The molecule has 4 heteroatoms. The van der Waals surface area contributed by atoms with Gasteiger partial charge in [-0.2, -0.15) is 0 Å². The van der Waals surface area contributed by atoms with E-state index in [0.29, 0.717) is 12.0 Å². The molecule has 0 aliphatic heterocycles. The van der Waals surface area contributed by atoms with Gasteiger partial charge >= 0.3 is 0 Å². The van der Waals surface area contributed by atoms with Crippen LogP contribution in [0.1, 0.15) is 37.7 Å². The third kappa shape index (κ3) is 4.11. The van der Waals surface area contributed by atoms with Crippen LogP contribution in [0.3, 0.4) is 0 Å². The van der Waals surface area contributed by atoms with Gasteiger partial charge in [0, 0.05) is 28.3 Å². The molecule has 0 heterocycles.